The molecule has 0 aromatic heterocycles. The predicted molar refractivity (Wildman–Crippen MR) is 159 cm³/mol. The van der Waals surface area contributed by atoms with Gasteiger partial charge in [0.15, 0.2) is 5.60 Å². The molecule has 0 aliphatic carbocycles. The number of ether oxygens (including phenoxy) is 2. The number of aryl methyl sites for hydroxylation is 1. The molecule has 1 unspecified atom stereocenters. The normalized spacial score (nSPS) is 20.2. The lowest BCUT2D eigenvalue weighted by Gasteiger charge is -2.45. The topological polar surface area (TPSA) is 88.2 Å². The number of unbranched alkanes of at least 4 members (excludes halogenated alkanes) is 1. The summed E-state index contributed by atoms with van der Waals surface area (Å²) in [7, 11) is 0. The molecule has 8 nitrogen and oxygen atoms in total. The van der Waals surface area contributed by atoms with Crippen LogP contribution in [0.1, 0.15) is 64.0 Å². The maximum atomic E-state index is 14.2. The lowest BCUT2D eigenvalue weighted by atomic mass is 9.90. The number of amides is 3. The molecule has 2 heterocycles. The van der Waals surface area contributed by atoms with E-state index in [2.05, 4.69) is 18.3 Å². The van der Waals surface area contributed by atoms with Gasteiger partial charge >= 0.3 is 0 Å². The van der Waals surface area contributed by atoms with Gasteiger partial charge < -0.3 is 24.6 Å². The van der Waals surface area contributed by atoms with Crippen LogP contribution in [0.5, 0.6) is 5.75 Å². The summed E-state index contributed by atoms with van der Waals surface area (Å²) in [5, 5.41) is 2.84. The van der Waals surface area contributed by atoms with Crippen molar-refractivity contribution in [2.24, 2.45) is 0 Å². The largest absolute Gasteiger partial charge is 0.491 e. The van der Waals surface area contributed by atoms with Crippen molar-refractivity contribution < 1.29 is 28.2 Å². The fourth-order valence-electron chi connectivity index (χ4n) is 5.77. The van der Waals surface area contributed by atoms with Crippen LogP contribution in [0.2, 0.25) is 0 Å². The van der Waals surface area contributed by atoms with Gasteiger partial charge in [-0.15, -0.1) is 0 Å². The number of benzene rings is 2. The average Bonchev–Trinajstić information content (AvgIpc) is 2.97. The van der Waals surface area contributed by atoms with E-state index in [1.807, 2.05) is 23.1 Å². The van der Waals surface area contributed by atoms with E-state index in [1.54, 1.807) is 30.9 Å². The molecule has 1 fully saturated rings. The maximum absolute atomic E-state index is 14.2. The first-order chi connectivity index (χ1) is 20.1. The van der Waals surface area contributed by atoms with E-state index in [4.69, 9.17) is 9.47 Å². The Hall–Kier alpha value is -3.46. The number of hydrogen-bond donors (Lipinski definition) is 1. The SMILES string of the molecule is CCCCN1CCOc2ccccc2CCCCC2(CN(C(=O)C(C)(C)NC(=O)Cc3ccc(F)cc3)CCO2)C1=O. The second-order valence-electron chi connectivity index (χ2n) is 11.9. The monoisotopic (exact) mass is 581 g/mol. The molecule has 1 atom stereocenters. The first-order valence-electron chi connectivity index (χ1n) is 15.1. The highest BCUT2D eigenvalue weighted by Crippen LogP contribution is 2.30. The van der Waals surface area contributed by atoms with Crippen molar-refractivity contribution in [1.82, 2.24) is 15.1 Å². The third-order valence-electron chi connectivity index (χ3n) is 8.06. The first kappa shape index (κ1) is 31.5. The summed E-state index contributed by atoms with van der Waals surface area (Å²) < 4.78 is 25.7. The fraction of sp³-hybridized carbons (Fsp3) is 0.545. The highest BCUT2D eigenvalue weighted by molar-refractivity contribution is 5.92. The zero-order chi connectivity index (χ0) is 30.2. The van der Waals surface area contributed by atoms with Crippen LogP contribution in [-0.4, -0.2) is 78.1 Å². The summed E-state index contributed by atoms with van der Waals surface area (Å²) >= 11 is 0. The number of carbonyl (C=O) groups excluding carboxylic acids is 3. The molecule has 1 N–H and O–H groups in total. The molecule has 0 radical (unpaired) electrons. The van der Waals surface area contributed by atoms with Gasteiger partial charge in [-0.1, -0.05) is 43.7 Å². The fourth-order valence-corrected chi connectivity index (χ4v) is 5.77. The van der Waals surface area contributed by atoms with Gasteiger partial charge in [-0.2, -0.15) is 0 Å². The quantitative estimate of drug-likeness (QED) is 0.527. The van der Waals surface area contributed by atoms with E-state index in [0.29, 0.717) is 38.2 Å². The molecule has 2 aliphatic heterocycles. The van der Waals surface area contributed by atoms with Crippen molar-refractivity contribution in [2.75, 3.05) is 39.4 Å². The molecule has 3 amide bonds. The van der Waals surface area contributed by atoms with E-state index in [1.165, 1.54) is 12.1 Å². The lowest BCUT2D eigenvalue weighted by Crippen LogP contribution is -2.65. The Morgan fingerprint density at radius 2 is 1.81 bits per heavy atom. The number of rotatable bonds is 7. The number of para-hydroxylation sites is 1. The highest BCUT2D eigenvalue weighted by Gasteiger charge is 2.48. The van der Waals surface area contributed by atoms with Crippen molar-refractivity contribution >= 4 is 17.7 Å². The second-order valence-corrected chi connectivity index (χ2v) is 11.9. The van der Waals surface area contributed by atoms with Gasteiger partial charge in [-0.25, -0.2) is 4.39 Å². The standard InChI is InChI=1S/C33H44FN3O5/c1-4-5-18-36-19-21-41-28-12-7-6-10-26(28)11-8-9-17-33(31(36)40)24-37(20-22-42-33)30(39)32(2,3)35-29(38)23-25-13-15-27(34)16-14-25/h6-7,10,12-16H,4-5,8-9,11,17-24H2,1-3H3,(H,35,38). The summed E-state index contributed by atoms with van der Waals surface area (Å²) in [5.74, 6) is -0.220. The maximum Gasteiger partial charge on any atom is 0.256 e. The van der Waals surface area contributed by atoms with Crippen LogP contribution < -0.4 is 10.1 Å². The average molecular weight is 582 g/mol. The van der Waals surface area contributed by atoms with Crippen molar-refractivity contribution in [3.8, 4) is 5.75 Å². The Labute approximate surface area is 248 Å². The molecule has 1 spiro atoms. The van der Waals surface area contributed by atoms with Crippen LogP contribution in [-0.2, 0) is 32.0 Å². The van der Waals surface area contributed by atoms with Gasteiger partial charge in [-0.3, -0.25) is 14.4 Å². The van der Waals surface area contributed by atoms with Crippen molar-refractivity contribution in [2.45, 2.75) is 76.9 Å². The van der Waals surface area contributed by atoms with Gasteiger partial charge in [0, 0.05) is 13.1 Å². The Morgan fingerprint density at radius 3 is 2.57 bits per heavy atom. The van der Waals surface area contributed by atoms with E-state index >= 15 is 0 Å². The van der Waals surface area contributed by atoms with Gasteiger partial charge in [0.25, 0.3) is 5.91 Å². The number of nitrogens with one attached hydrogen (secondary N) is 1. The zero-order valence-corrected chi connectivity index (χ0v) is 25.1. The Balaban J connectivity index is 1.50. The number of morpholine rings is 1. The molecule has 0 saturated carbocycles. The molecule has 228 valence electrons. The summed E-state index contributed by atoms with van der Waals surface area (Å²) in [6, 6.07) is 13.8. The van der Waals surface area contributed by atoms with Crippen LogP contribution >= 0.6 is 0 Å². The lowest BCUT2D eigenvalue weighted by molar-refractivity contribution is -0.178. The van der Waals surface area contributed by atoms with Crippen LogP contribution in [0.15, 0.2) is 48.5 Å². The smallest absolute Gasteiger partial charge is 0.256 e. The molecule has 4 rings (SSSR count). The third kappa shape index (κ3) is 7.88. The Kier molecular flexibility index (Phi) is 10.6. The van der Waals surface area contributed by atoms with Crippen molar-refractivity contribution in [3.63, 3.8) is 0 Å². The van der Waals surface area contributed by atoms with Crippen LogP contribution in [0.4, 0.5) is 4.39 Å². The molecule has 0 bridgehead atoms. The summed E-state index contributed by atoms with van der Waals surface area (Å²) in [6.45, 7) is 7.51. The second kappa shape index (κ2) is 14.1. The molecule has 1 saturated heterocycles. The van der Waals surface area contributed by atoms with E-state index in [0.717, 1.165) is 43.4 Å². The first-order valence-corrected chi connectivity index (χ1v) is 15.1. The number of hydrogen-bond acceptors (Lipinski definition) is 5. The van der Waals surface area contributed by atoms with E-state index in [9.17, 15) is 18.8 Å². The van der Waals surface area contributed by atoms with Gasteiger partial charge in [0.05, 0.1) is 26.1 Å². The highest BCUT2D eigenvalue weighted by atomic mass is 19.1. The van der Waals surface area contributed by atoms with Gasteiger partial charge in [0.2, 0.25) is 11.8 Å². The molecule has 9 heteroatoms. The third-order valence-corrected chi connectivity index (χ3v) is 8.06. The van der Waals surface area contributed by atoms with Crippen molar-refractivity contribution in [1.29, 1.82) is 0 Å². The minimum Gasteiger partial charge on any atom is -0.491 e. The van der Waals surface area contributed by atoms with Crippen LogP contribution in [0, 0.1) is 5.82 Å². The zero-order valence-electron chi connectivity index (χ0n) is 25.1. The predicted octanol–water partition coefficient (Wildman–Crippen LogP) is 4.29. The molecule has 2 aromatic rings. The number of halogens is 1. The van der Waals surface area contributed by atoms with Crippen LogP contribution in [0.25, 0.3) is 0 Å². The van der Waals surface area contributed by atoms with Gasteiger partial charge in [-0.05, 0) is 75.3 Å². The van der Waals surface area contributed by atoms with Crippen molar-refractivity contribution in [3.05, 3.63) is 65.5 Å². The molecule has 2 aromatic carbocycles. The van der Waals surface area contributed by atoms with Gasteiger partial charge in [0.1, 0.15) is 23.7 Å². The Bertz CT molecular complexity index is 1230. The minimum absolute atomic E-state index is 0.0279. The summed E-state index contributed by atoms with van der Waals surface area (Å²) in [6.07, 6.45) is 4.76. The number of carbonyl (C=O) groups is 3. The van der Waals surface area contributed by atoms with E-state index < -0.39 is 11.1 Å². The molecular formula is C33H44FN3O5. The summed E-state index contributed by atoms with van der Waals surface area (Å²) in [4.78, 5) is 44.4. The molecule has 42 heavy (non-hydrogen) atoms. The molecule has 2 aliphatic rings. The minimum atomic E-state index is -1.20. The number of fused-ring (bicyclic) bond motifs is 1. The molecular weight excluding hydrogens is 537 g/mol. The number of nitrogens with zero attached hydrogens (tertiary/aromatic N) is 2. The van der Waals surface area contributed by atoms with E-state index in [-0.39, 0.29) is 43.1 Å². The van der Waals surface area contributed by atoms with Crippen LogP contribution in [0.3, 0.4) is 0 Å². The summed E-state index contributed by atoms with van der Waals surface area (Å²) in [5.41, 5.74) is -0.559. The Morgan fingerprint density at radius 1 is 1.05 bits per heavy atom.